The lowest BCUT2D eigenvalue weighted by molar-refractivity contribution is -0.143. The molecule has 106 valence electrons. The number of carbonyl (C=O) groups excluding carboxylic acids is 2. The number of carbonyl (C=O) groups is 2. The molecule has 1 N–H and O–H groups in total. The van der Waals surface area contributed by atoms with Crippen molar-refractivity contribution in [2.75, 3.05) is 0 Å². The largest absolute Gasteiger partial charge is 0.433 e. The van der Waals surface area contributed by atoms with E-state index in [1.165, 1.54) is 12.5 Å². The van der Waals surface area contributed by atoms with Crippen LogP contribution in [0.2, 0.25) is 0 Å². The summed E-state index contributed by atoms with van der Waals surface area (Å²) in [5.74, 6) is -0.971. The zero-order valence-electron chi connectivity index (χ0n) is 11.5. The normalized spacial score (nSPS) is 10.9. The van der Waals surface area contributed by atoms with Gasteiger partial charge in [0.2, 0.25) is 0 Å². The van der Waals surface area contributed by atoms with Gasteiger partial charge in [0.25, 0.3) is 0 Å². The Morgan fingerprint density at radius 3 is 2.45 bits per heavy atom. The molecule has 1 rings (SSSR count). The Morgan fingerprint density at radius 1 is 1.20 bits per heavy atom. The fraction of sp³-hybridized carbons (Fsp3) is 0.200. The highest BCUT2D eigenvalue weighted by molar-refractivity contribution is 5.89. The summed E-state index contributed by atoms with van der Waals surface area (Å²) in [6, 6.07) is 8.59. The standard InChI is InChI=1S/C15H17NO4/c1-4-19-14(18)15(2,3)16-10-11-20-13(17)12-8-6-5-7-9-12/h4-11,16H,1H2,2-3H3/b11-10-. The van der Waals surface area contributed by atoms with Crippen LogP contribution in [0.1, 0.15) is 24.2 Å². The lowest BCUT2D eigenvalue weighted by Gasteiger charge is -2.21. The maximum atomic E-state index is 11.6. The molecule has 1 aromatic rings. The molecule has 5 nitrogen and oxygen atoms in total. The third kappa shape index (κ3) is 4.61. The van der Waals surface area contributed by atoms with Crippen molar-refractivity contribution in [3.8, 4) is 0 Å². The van der Waals surface area contributed by atoms with Crippen LogP contribution in [0.4, 0.5) is 0 Å². The van der Waals surface area contributed by atoms with Crippen molar-refractivity contribution in [2.45, 2.75) is 19.4 Å². The summed E-state index contributed by atoms with van der Waals surface area (Å²) in [6.45, 7) is 6.56. The van der Waals surface area contributed by atoms with Crippen LogP contribution < -0.4 is 5.32 Å². The van der Waals surface area contributed by atoms with Gasteiger partial charge in [-0.2, -0.15) is 0 Å². The van der Waals surface area contributed by atoms with E-state index in [1.54, 1.807) is 38.1 Å². The van der Waals surface area contributed by atoms with E-state index in [0.29, 0.717) is 5.56 Å². The molecule has 0 bridgehead atoms. The van der Waals surface area contributed by atoms with Gasteiger partial charge in [0.15, 0.2) is 0 Å². The Morgan fingerprint density at radius 2 is 1.85 bits per heavy atom. The first-order valence-electron chi connectivity index (χ1n) is 5.98. The fourth-order valence-electron chi connectivity index (χ4n) is 1.26. The summed E-state index contributed by atoms with van der Waals surface area (Å²) in [5.41, 5.74) is -0.508. The van der Waals surface area contributed by atoms with Crippen LogP contribution in [0.3, 0.4) is 0 Å². The number of nitrogens with one attached hydrogen (secondary N) is 1. The molecule has 5 heteroatoms. The third-order valence-electron chi connectivity index (χ3n) is 2.40. The number of benzene rings is 1. The molecule has 0 unspecified atom stereocenters. The van der Waals surface area contributed by atoms with E-state index >= 15 is 0 Å². The lowest BCUT2D eigenvalue weighted by Crippen LogP contribution is -2.44. The van der Waals surface area contributed by atoms with Gasteiger partial charge in [-0.3, -0.25) is 0 Å². The predicted molar refractivity (Wildman–Crippen MR) is 74.5 cm³/mol. The minimum atomic E-state index is -0.955. The van der Waals surface area contributed by atoms with Gasteiger partial charge in [0, 0.05) is 6.20 Å². The van der Waals surface area contributed by atoms with Gasteiger partial charge in [0.05, 0.1) is 11.8 Å². The highest BCUT2D eigenvalue weighted by Gasteiger charge is 2.27. The summed E-state index contributed by atoms with van der Waals surface area (Å²) in [5, 5.41) is 2.77. The molecule has 0 aliphatic heterocycles. The number of rotatable bonds is 6. The smallest absolute Gasteiger partial charge is 0.342 e. The molecule has 0 spiro atoms. The molecule has 20 heavy (non-hydrogen) atoms. The Kier molecular flexibility index (Phi) is 5.53. The molecule has 0 aliphatic rings. The SMILES string of the molecule is C=COC(=O)C(C)(C)N/C=C\OC(=O)c1ccccc1. The Hall–Kier alpha value is -2.56. The second kappa shape index (κ2) is 7.13. The number of hydrogen-bond acceptors (Lipinski definition) is 5. The average molecular weight is 275 g/mol. The zero-order chi connectivity index (χ0) is 15.0. The van der Waals surface area contributed by atoms with Crippen LogP contribution >= 0.6 is 0 Å². The van der Waals surface area contributed by atoms with Gasteiger partial charge in [-0.1, -0.05) is 24.8 Å². The first-order chi connectivity index (χ1) is 9.47. The fourth-order valence-corrected chi connectivity index (χ4v) is 1.26. The molecule has 0 atom stereocenters. The summed E-state index contributed by atoms with van der Waals surface area (Å²) in [4.78, 5) is 23.1. The quantitative estimate of drug-likeness (QED) is 0.638. The molecular weight excluding hydrogens is 258 g/mol. The minimum Gasteiger partial charge on any atom is -0.433 e. The predicted octanol–water partition coefficient (Wildman–Crippen LogP) is 2.37. The average Bonchev–Trinajstić information content (AvgIpc) is 2.44. The molecule has 0 saturated heterocycles. The van der Waals surface area contributed by atoms with Gasteiger partial charge in [-0.05, 0) is 26.0 Å². The van der Waals surface area contributed by atoms with Gasteiger partial charge >= 0.3 is 11.9 Å². The molecule has 0 aliphatic carbocycles. The second-order valence-electron chi connectivity index (χ2n) is 4.42. The van der Waals surface area contributed by atoms with Gasteiger partial charge < -0.3 is 14.8 Å². The van der Waals surface area contributed by atoms with E-state index in [-0.39, 0.29) is 0 Å². The topological polar surface area (TPSA) is 64.6 Å². The molecule has 0 amide bonds. The first kappa shape index (κ1) is 15.5. The van der Waals surface area contributed by atoms with Gasteiger partial charge in [-0.25, -0.2) is 9.59 Å². The van der Waals surface area contributed by atoms with Crippen LogP contribution in [0.5, 0.6) is 0 Å². The van der Waals surface area contributed by atoms with Crippen molar-refractivity contribution < 1.29 is 19.1 Å². The van der Waals surface area contributed by atoms with Crippen LogP contribution in [0.15, 0.2) is 55.6 Å². The maximum Gasteiger partial charge on any atom is 0.342 e. The van der Waals surface area contributed by atoms with Crippen LogP contribution in [-0.4, -0.2) is 17.5 Å². The molecule has 0 radical (unpaired) electrons. The van der Waals surface area contributed by atoms with E-state index in [0.717, 1.165) is 6.26 Å². The Bertz CT molecular complexity index is 506. The van der Waals surface area contributed by atoms with Gasteiger partial charge in [0.1, 0.15) is 11.8 Å². The van der Waals surface area contributed by atoms with E-state index < -0.39 is 17.5 Å². The molecule has 0 fully saturated rings. The van der Waals surface area contributed by atoms with Crippen LogP contribution in [-0.2, 0) is 14.3 Å². The third-order valence-corrected chi connectivity index (χ3v) is 2.40. The van der Waals surface area contributed by atoms with Crippen molar-refractivity contribution in [3.63, 3.8) is 0 Å². The van der Waals surface area contributed by atoms with Crippen LogP contribution in [0, 0.1) is 0 Å². The number of ether oxygens (including phenoxy) is 2. The van der Waals surface area contributed by atoms with E-state index in [2.05, 4.69) is 16.6 Å². The van der Waals surface area contributed by atoms with Crippen LogP contribution in [0.25, 0.3) is 0 Å². The summed E-state index contributed by atoms with van der Waals surface area (Å²) in [7, 11) is 0. The van der Waals surface area contributed by atoms with E-state index in [4.69, 9.17) is 4.74 Å². The zero-order valence-corrected chi connectivity index (χ0v) is 11.5. The van der Waals surface area contributed by atoms with Crippen molar-refractivity contribution in [1.82, 2.24) is 5.32 Å². The summed E-state index contributed by atoms with van der Waals surface area (Å²) < 4.78 is 9.58. The lowest BCUT2D eigenvalue weighted by atomic mass is 10.1. The molecular formula is C15H17NO4. The highest BCUT2D eigenvalue weighted by atomic mass is 16.5. The Balaban J connectivity index is 2.48. The van der Waals surface area contributed by atoms with Crippen molar-refractivity contribution in [2.24, 2.45) is 0 Å². The highest BCUT2D eigenvalue weighted by Crippen LogP contribution is 2.06. The van der Waals surface area contributed by atoms with Crippen molar-refractivity contribution in [1.29, 1.82) is 0 Å². The summed E-state index contributed by atoms with van der Waals surface area (Å²) in [6.07, 6.45) is 3.61. The van der Waals surface area contributed by atoms with Gasteiger partial charge in [-0.15, -0.1) is 0 Å². The Labute approximate surface area is 117 Å². The maximum absolute atomic E-state index is 11.6. The van der Waals surface area contributed by atoms with Crippen molar-refractivity contribution in [3.05, 3.63) is 61.2 Å². The summed E-state index contributed by atoms with van der Waals surface area (Å²) >= 11 is 0. The molecule has 0 heterocycles. The van der Waals surface area contributed by atoms with E-state index in [1.807, 2.05) is 6.07 Å². The first-order valence-corrected chi connectivity index (χ1v) is 5.98. The molecule has 1 aromatic carbocycles. The van der Waals surface area contributed by atoms with Crippen molar-refractivity contribution >= 4 is 11.9 Å². The molecule has 0 saturated carbocycles. The number of hydrogen-bond donors (Lipinski definition) is 1. The second-order valence-corrected chi connectivity index (χ2v) is 4.42. The monoisotopic (exact) mass is 275 g/mol. The minimum absolute atomic E-state index is 0.447. The number of esters is 2. The van der Waals surface area contributed by atoms with E-state index in [9.17, 15) is 9.59 Å². The molecule has 0 aromatic heterocycles.